The fourth-order valence-corrected chi connectivity index (χ4v) is 3.87. The molecule has 24 heavy (non-hydrogen) atoms. The lowest BCUT2D eigenvalue weighted by atomic mass is 10.1. The van der Waals surface area contributed by atoms with Gasteiger partial charge in [-0.15, -0.1) is 0 Å². The molecule has 1 heterocycles. The first kappa shape index (κ1) is 21.6. The second kappa shape index (κ2) is 16.0. The number of hydrogen-bond donors (Lipinski definition) is 0. The quantitative estimate of drug-likeness (QED) is 0.324. The maximum absolute atomic E-state index is 5.91. The van der Waals surface area contributed by atoms with Gasteiger partial charge in [0.05, 0.1) is 12.9 Å². The zero-order valence-corrected chi connectivity index (χ0v) is 16.7. The van der Waals surface area contributed by atoms with Gasteiger partial charge >= 0.3 is 0 Å². The number of aromatic nitrogens is 2. The Bertz CT molecular complexity index is 357. The summed E-state index contributed by atoms with van der Waals surface area (Å²) in [6.45, 7) is 7.27. The molecular formula is C20H38N2OS. The van der Waals surface area contributed by atoms with Gasteiger partial charge in [0.15, 0.2) is 0 Å². The molecule has 0 saturated heterocycles. The minimum Gasteiger partial charge on any atom is -0.380 e. The second-order valence-electron chi connectivity index (χ2n) is 6.59. The van der Waals surface area contributed by atoms with E-state index in [9.17, 15) is 0 Å². The summed E-state index contributed by atoms with van der Waals surface area (Å²) in [7, 11) is 0. The zero-order valence-electron chi connectivity index (χ0n) is 15.9. The van der Waals surface area contributed by atoms with Gasteiger partial charge < -0.3 is 9.30 Å². The van der Waals surface area contributed by atoms with Crippen LogP contribution in [-0.4, -0.2) is 33.8 Å². The fraction of sp³-hybridized carbons (Fsp3) is 0.850. The SMILES string of the molecule is CCCCCCCCCCCCOCC(Cn1ccnc1)SCC. The van der Waals surface area contributed by atoms with E-state index in [1.165, 1.54) is 64.2 Å². The first-order valence-corrected chi connectivity index (χ1v) is 11.1. The Kier molecular flexibility index (Phi) is 14.4. The predicted octanol–water partition coefficient (Wildman–Crippen LogP) is 5.94. The summed E-state index contributed by atoms with van der Waals surface area (Å²) in [5, 5.41) is 0.535. The van der Waals surface area contributed by atoms with Gasteiger partial charge in [-0.3, -0.25) is 0 Å². The normalized spacial score (nSPS) is 12.6. The highest BCUT2D eigenvalue weighted by Crippen LogP contribution is 2.14. The zero-order chi connectivity index (χ0) is 17.3. The summed E-state index contributed by atoms with van der Waals surface area (Å²) in [5.41, 5.74) is 0. The van der Waals surface area contributed by atoms with Crippen LogP contribution in [0.1, 0.15) is 78.1 Å². The van der Waals surface area contributed by atoms with E-state index < -0.39 is 0 Å². The molecule has 0 fully saturated rings. The molecule has 1 unspecified atom stereocenters. The van der Waals surface area contributed by atoms with Crippen LogP contribution in [0.2, 0.25) is 0 Å². The molecule has 0 aromatic carbocycles. The standard InChI is InChI=1S/C20H38N2OS/c1-3-5-6-7-8-9-10-11-12-13-16-23-18-20(24-4-2)17-22-15-14-21-19-22/h14-15,19-20H,3-13,16-18H2,1-2H3. The average molecular weight is 355 g/mol. The van der Waals surface area contributed by atoms with Gasteiger partial charge in [-0.25, -0.2) is 4.98 Å². The van der Waals surface area contributed by atoms with E-state index in [0.29, 0.717) is 5.25 Å². The van der Waals surface area contributed by atoms with E-state index in [4.69, 9.17) is 4.74 Å². The summed E-state index contributed by atoms with van der Waals surface area (Å²) in [5.74, 6) is 1.14. The summed E-state index contributed by atoms with van der Waals surface area (Å²) in [6.07, 6.45) is 19.6. The number of nitrogens with zero attached hydrogens (tertiary/aromatic N) is 2. The Morgan fingerprint density at radius 3 is 2.21 bits per heavy atom. The van der Waals surface area contributed by atoms with Crippen molar-refractivity contribution < 1.29 is 4.74 Å². The lowest BCUT2D eigenvalue weighted by Crippen LogP contribution is -2.19. The molecule has 0 aliphatic rings. The van der Waals surface area contributed by atoms with Crippen LogP contribution in [0.25, 0.3) is 0 Å². The molecule has 1 aromatic rings. The number of imidazole rings is 1. The van der Waals surface area contributed by atoms with Gasteiger partial charge in [-0.2, -0.15) is 11.8 Å². The van der Waals surface area contributed by atoms with Crippen molar-refractivity contribution >= 4 is 11.8 Å². The molecule has 0 aliphatic carbocycles. The van der Waals surface area contributed by atoms with E-state index in [0.717, 1.165) is 25.5 Å². The van der Waals surface area contributed by atoms with E-state index in [1.54, 1.807) is 0 Å². The van der Waals surface area contributed by atoms with E-state index in [-0.39, 0.29) is 0 Å². The number of ether oxygens (including phenoxy) is 1. The van der Waals surface area contributed by atoms with Crippen molar-refractivity contribution in [3.05, 3.63) is 18.7 Å². The number of rotatable bonds is 17. The second-order valence-corrected chi connectivity index (χ2v) is 8.17. The Labute approximate surface area is 154 Å². The Morgan fingerprint density at radius 1 is 0.958 bits per heavy atom. The lowest BCUT2D eigenvalue weighted by molar-refractivity contribution is 0.128. The lowest BCUT2D eigenvalue weighted by Gasteiger charge is -2.16. The minimum absolute atomic E-state index is 0.535. The first-order chi connectivity index (χ1) is 11.9. The summed E-state index contributed by atoms with van der Waals surface area (Å²) in [4.78, 5) is 4.11. The van der Waals surface area contributed by atoms with Crippen molar-refractivity contribution in [2.24, 2.45) is 0 Å². The highest BCUT2D eigenvalue weighted by molar-refractivity contribution is 7.99. The summed E-state index contributed by atoms with van der Waals surface area (Å²) >= 11 is 1.98. The van der Waals surface area contributed by atoms with E-state index >= 15 is 0 Å². The Balaban J connectivity index is 1.90. The van der Waals surface area contributed by atoms with Gasteiger partial charge in [0.25, 0.3) is 0 Å². The molecule has 4 heteroatoms. The van der Waals surface area contributed by atoms with Crippen LogP contribution >= 0.6 is 11.8 Å². The Hall–Kier alpha value is -0.480. The van der Waals surface area contributed by atoms with Gasteiger partial charge in [-0.05, 0) is 12.2 Å². The molecule has 0 N–H and O–H groups in total. The van der Waals surface area contributed by atoms with Crippen LogP contribution in [0.4, 0.5) is 0 Å². The molecule has 140 valence electrons. The number of unbranched alkanes of at least 4 members (excludes halogenated alkanes) is 9. The van der Waals surface area contributed by atoms with E-state index in [2.05, 4.69) is 23.4 Å². The molecule has 1 aromatic heterocycles. The van der Waals surface area contributed by atoms with Gasteiger partial charge in [-0.1, -0.05) is 71.6 Å². The molecule has 0 radical (unpaired) electrons. The highest BCUT2D eigenvalue weighted by Gasteiger charge is 2.09. The van der Waals surface area contributed by atoms with Crippen LogP contribution in [0, 0.1) is 0 Å². The molecule has 1 rings (SSSR count). The minimum atomic E-state index is 0.535. The molecule has 3 nitrogen and oxygen atoms in total. The summed E-state index contributed by atoms with van der Waals surface area (Å²) < 4.78 is 8.06. The third-order valence-corrected chi connectivity index (χ3v) is 5.41. The monoisotopic (exact) mass is 354 g/mol. The topological polar surface area (TPSA) is 27.1 Å². The third kappa shape index (κ3) is 12.0. The first-order valence-electron chi connectivity index (χ1n) is 10.0. The average Bonchev–Trinajstić information content (AvgIpc) is 3.09. The molecule has 0 spiro atoms. The van der Waals surface area contributed by atoms with Crippen LogP contribution in [0.15, 0.2) is 18.7 Å². The van der Waals surface area contributed by atoms with Crippen LogP contribution in [-0.2, 0) is 11.3 Å². The molecule has 0 bridgehead atoms. The van der Waals surface area contributed by atoms with Gasteiger partial charge in [0.2, 0.25) is 0 Å². The van der Waals surface area contributed by atoms with Crippen molar-refractivity contribution in [1.82, 2.24) is 9.55 Å². The van der Waals surface area contributed by atoms with Crippen LogP contribution < -0.4 is 0 Å². The predicted molar refractivity (Wildman–Crippen MR) is 107 cm³/mol. The molecule has 1 atom stereocenters. The number of thioether (sulfide) groups is 1. The molecule has 0 saturated carbocycles. The van der Waals surface area contributed by atoms with Gasteiger partial charge in [0.1, 0.15) is 0 Å². The maximum atomic E-state index is 5.91. The van der Waals surface area contributed by atoms with Gasteiger partial charge in [0, 0.05) is 30.8 Å². The van der Waals surface area contributed by atoms with Crippen molar-refractivity contribution in [2.45, 2.75) is 89.9 Å². The summed E-state index contributed by atoms with van der Waals surface area (Å²) in [6, 6.07) is 0. The highest BCUT2D eigenvalue weighted by atomic mass is 32.2. The van der Waals surface area contributed by atoms with Crippen molar-refractivity contribution in [2.75, 3.05) is 19.0 Å². The van der Waals surface area contributed by atoms with Crippen LogP contribution in [0.5, 0.6) is 0 Å². The smallest absolute Gasteiger partial charge is 0.0946 e. The van der Waals surface area contributed by atoms with E-state index in [1.807, 2.05) is 30.5 Å². The molecule has 0 aliphatic heterocycles. The van der Waals surface area contributed by atoms with Crippen molar-refractivity contribution in [3.8, 4) is 0 Å². The number of hydrogen-bond acceptors (Lipinski definition) is 3. The maximum Gasteiger partial charge on any atom is 0.0946 e. The third-order valence-electron chi connectivity index (χ3n) is 4.32. The van der Waals surface area contributed by atoms with Crippen molar-refractivity contribution in [3.63, 3.8) is 0 Å². The fourth-order valence-electron chi connectivity index (χ4n) is 2.93. The van der Waals surface area contributed by atoms with Crippen molar-refractivity contribution in [1.29, 1.82) is 0 Å². The largest absolute Gasteiger partial charge is 0.380 e. The van der Waals surface area contributed by atoms with Crippen LogP contribution in [0.3, 0.4) is 0 Å². The molecular weight excluding hydrogens is 316 g/mol. The molecule has 0 amide bonds. The Morgan fingerprint density at radius 2 is 1.62 bits per heavy atom.